The Morgan fingerprint density at radius 2 is 2.23 bits per heavy atom. The van der Waals surface area contributed by atoms with Crippen molar-refractivity contribution in [3.8, 4) is 17.0 Å². The molecule has 1 aliphatic rings. The number of ether oxygens (including phenoxy) is 1. The van der Waals surface area contributed by atoms with Gasteiger partial charge in [0.2, 0.25) is 0 Å². The van der Waals surface area contributed by atoms with Crippen molar-refractivity contribution in [2.24, 2.45) is 0 Å². The van der Waals surface area contributed by atoms with E-state index in [1.54, 1.807) is 18.3 Å². The zero-order valence-electron chi connectivity index (χ0n) is 12.6. The molecule has 1 atom stereocenters. The van der Waals surface area contributed by atoms with Gasteiger partial charge in [0.25, 0.3) is 5.91 Å². The highest BCUT2D eigenvalue weighted by Crippen LogP contribution is 2.37. The van der Waals surface area contributed by atoms with Gasteiger partial charge in [-0.2, -0.15) is 0 Å². The van der Waals surface area contributed by atoms with Crippen LogP contribution < -0.4 is 9.64 Å². The zero-order valence-corrected chi connectivity index (χ0v) is 13.4. The second-order valence-corrected chi connectivity index (χ2v) is 6.38. The van der Waals surface area contributed by atoms with E-state index in [0.717, 1.165) is 16.3 Å². The first-order valence-electron chi connectivity index (χ1n) is 6.99. The van der Waals surface area contributed by atoms with Gasteiger partial charge in [0.15, 0.2) is 6.10 Å². The highest BCUT2D eigenvalue weighted by atomic mass is 32.1. The van der Waals surface area contributed by atoms with Crippen molar-refractivity contribution < 1.29 is 14.3 Å². The fraction of sp³-hybridized carbons (Fsp3) is 0.312. The molecule has 5 nitrogen and oxygen atoms in total. The maximum atomic E-state index is 12.3. The molecular weight excluding hydrogens is 300 g/mol. The molecule has 0 radical (unpaired) electrons. The van der Waals surface area contributed by atoms with Gasteiger partial charge in [-0.1, -0.05) is 0 Å². The predicted molar refractivity (Wildman–Crippen MR) is 85.4 cm³/mol. The number of hydrogen-bond acceptors (Lipinski definition) is 5. The van der Waals surface area contributed by atoms with Crippen LogP contribution in [0.3, 0.4) is 0 Å². The largest absolute Gasteiger partial charge is 0.479 e. The fourth-order valence-electron chi connectivity index (χ4n) is 2.45. The lowest BCUT2D eigenvalue weighted by atomic mass is 10.1. The van der Waals surface area contributed by atoms with E-state index in [-0.39, 0.29) is 18.2 Å². The predicted octanol–water partition coefficient (Wildman–Crippen LogP) is 2.82. The van der Waals surface area contributed by atoms with Crippen molar-refractivity contribution in [3.63, 3.8) is 0 Å². The number of anilines is 1. The number of carbonyl (C=O) groups is 2. The number of ketones is 1. The minimum absolute atomic E-state index is 0.0546. The Kier molecular flexibility index (Phi) is 3.70. The first-order valence-corrected chi connectivity index (χ1v) is 7.87. The molecule has 1 unspecified atom stereocenters. The summed E-state index contributed by atoms with van der Waals surface area (Å²) < 4.78 is 5.63. The molecule has 0 bridgehead atoms. The van der Waals surface area contributed by atoms with E-state index in [0.29, 0.717) is 11.4 Å². The first-order chi connectivity index (χ1) is 10.5. The van der Waals surface area contributed by atoms with Crippen LogP contribution in [0.15, 0.2) is 23.6 Å². The topological polar surface area (TPSA) is 59.5 Å². The van der Waals surface area contributed by atoms with Crippen LogP contribution in [0.4, 0.5) is 5.69 Å². The molecule has 3 rings (SSSR count). The summed E-state index contributed by atoms with van der Waals surface area (Å²) in [5.74, 6) is 0.349. The van der Waals surface area contributed by atoms with E-state index in [9.17, 15) is 9.59 Å². The summed E-state index contributed by atoms with van der Waals surface area (Å²) in [5.41, 5.74) is 2.39. The molecular formula is C16H16N2O3S. The van der Waals surface area contributed by atoms with E-state index in [4.69, 9.17) is 4.74 Å². The smallest absolute Gasteiger partial charge is 0.268 e. The Morgan fingerprint density at radius 1 is 1.45 bits per heavy atom. The number of hydrogen-bond donors (Lipinski definition) is 0. The number of nitrogens with zero attached hydrogens (tertiary/aromatic N) is 2. The molecule has 0 aliphatic carbocycles. The van der Waals surface area contributed by atoms with Crippen LogP contribution in [-0.4, -0.2) is 29.3 Å². The van der Waals surface area contributed by atoms with Crippen LogP contribution in [0.25, 0.3) is 11.3 Å². The number of rotatable bonds is 3. The average Bonchev–Trinajstić information content (AvgIpc) is 2.90. The summed E-state index contributed by atoms with van der Waals surface area (Å²) in [6.45, 7) is 5.17. The number of aromatic nitrogens is 1. The first kappa shape index (κ1) is 14.7. The number of amides is 1. The van der Waals surface area contributed by atoms with Crippen molar-refractivity contribution in [1.29, 1.82) is 0 Å². The van der Waals surface area contributed by atoms with Gasteiger partial charge in [0.05, 0.1) is 22.9 Å². The Morgan fingerprint density at radius 3 is 2.86 bits per heavy atom. The third-order valence-corrected chi connectivity index (χ3v) is 4.24. The molecule has 2 aromatic rings. The number of Topliss-reactive ketones (excluding diaryl/α,β-unsaturated/α-hetero) is 1. The molecule has 2 heterocycles. The molecule has 0 N–H and O–H groups in total. The second-order valence-electron chi connectivity index (χ2n) is 5.32. The zero-order chi connectivity index (χ0) is 15.9. The summed E-state index contributed by atoms with van der Waals surface area (Å²) >= 11 is 1.57. The van der Waals surface area contributed by atoms with Crippen molar-refractivity contribution >= 4 is 28.7 Å². The fourth-order valence-corrected chi connectivity index (χ4v) is 3.07. The van der Waals surface area contributed by atoms with E-state index < -0.39 is 6.10 Å². The maximum absolute atomic E-state index is 12.3. The molecule has 1 aliphatic heterocycles. The molecule has 0 saturated heterocycles. The Labute approximate surface area is 132 Å². The van der Waals surface area contributed by atoms with Gasteiger partial charge >= 0.3 is 0 Å². The minimum atomic E-state index is -0.584. The third-order valence-electron chi connectivity index (χ3n) is 3.46. The molecule has 0 fully saturated rings. The maximum Gasteiger partial charge on any atom is 0.268 e. The lowest BCUT2D eigenvalue weighted by Crippen LogP contribution is -2.46. The standard InChI is InChI=1S/C16H16N2O3S/c1-9(19)7-18-14-6-12(13-8-22-11(3)17-13)4-5-15(14)21-10(2)16(18)20/h4-6,8,10H,7H2,1-3H3. The average molecular weight is 316 g/mol. The Hall–Kier alpha value is -2.21. The third kappa shape index (κ3) is 2.62. The lowest BCUT2D eigenvalue weighted by molar-refractivity contribution is -0.127. The second kappa shape index (κ2) is 5.53. The van der Waals surface area contributed by atoms with Gasteiger partial charge in [-0.3, -0.25) is 14.5 Å². The minimum Gasteiger partial charge on any atom is -0.479 e. The quantitative estimate of drug-likeness (QED) is 0.873. The molecule has 0 saturated carbocycles. The highest BCUT2D eigenvalue weighted by Gasteiger charge is 2.32. The van der Waals surface area contributed by atoms with Gasteiger partial charge < -0.3 is 4.74 Å². The van der Waals surface area contributed by atoms with E-state index in [1.807, 2.05) is 30.5 Å². The summed E-state index contributed by atoms with van der Waals surface area (Å²) in [7, 11) is 0. The molecule has 1 aromatic carbocycles. The van der Waals surface area contributed by atoms with E-state index in [2.05, 4.69) is 4.98 Å². The van der Waals surface area contributed by atoms with Crippen molar-refractivity contribution in [2.75, 3.05) is 11.4 Å². The number of thiazole rings is 1. The SMILES string of the molecule is CC(=O)CN1C(=O)C(C)Oc2ccc(-c3csc(C)n3)cc21. The molecule has 0 spiro atoms. The van der Waals surface area contributed by atoms with Crippen molar-refractivity contribution in [2.45, 2.75) is 26.9 Å². The number of fused-ring (bicyclic) bond motifs is 1. The van der Waals surface area contributed by atoms with Gasteiger partial charge in [-0.05, 0) is 39.0 Å². The molecule has 6 heteroatoms. The van der Waals surface area contributed by atoms with Gasteiger partial charge in [0.1, 0.15) is 11.5 Å². The van der Waals surface area contributed by atoms with Crippen LogP contribution in [0, 0.1) is 6.92 Å². The summed E-state index contributed by atoms with van der Waals surface area (Å²) in [4.78, 5) is 29.7. The Bertz CT molecular complexity index is 754. The molecule has 22 heavy (non-hydrogen) atoms. The van der Waals surface area contributed by atoms with Crippen molar-refractivity contribution in [1.82, 2.24) is 4.98 Å². The number of aryl methyl sites for hydroxylation is 1. The molecule has 114 valence electrons. The normalized spacial score (nSPS) is 17.1. The van der Waals surface area contributed by atoms with Crippen LogP contribution in [0.5, 0.6) is 5.75 Å². The monoisotopic (exact) mass is 316 g/mol. The lowest BCUT2D eigenvalue weighted by Gasteiger charge is -2.32. The molecule has 1 aromatic heterocycles. The van der Waals surface area contributed by atoms with Gasteiger partial charge in [-0.25, -0.2) is 4.98 Å². The van der Waals surface area contributed by atoms with E-state index in [1.165, 1.54) is 11.8 Å². The summed E-state index contributed by atoms with van der Waals surface area (Å²) in [5, 5.41) is 2.95. The highest BCUT2D eigenvalue weighted by molar-refractivity contribution is 7.09. The summed E-state index contributed by atoms with van der Waals surface area (Å²) in [6.07, 6.45) is -0.584. The van der Waals surface area contributed by atoms with Crippen LogP contribution in [0.2, 0.25) is 0 Å². The van der Waals surface area contributed by atoms with Gasteiger partial charge in [-0.15, -0.1) is 11.3 Å². The van der Waals surface area contributed by atoms with Crippen LogP contribution >= 0.6 is 11.3 Å². The van der Waals surface area contributed by atoms with Crippen LogP contribution in [-0.2, 0) is 9.59 Å². The summed E-state index contributed by atoms with van der Waals surface area (Å²) in [6, 6.07) is 5.60. The van der Waals surface area contributed by atoms with Crippen LogP contribution in [0.1, 0.15) is 18.9 Å². The number of benzene rings is 1. The Balaban J connectivity index is 2.06. The molecule has 1 amide bonds. The number of carbonyl (C=O) groups excluding carboxylic acids is 2. The van der Waals surface area contributed by atoms with Gasteiger partial charge in [0, 0.05) is 10.9 Å². The van der Waals surface area contributed by atoms with E-state index >= 15 is 0 Å². The van der Waals surface area contributed by atoms with Crippen molar-refractivity contribution in [3.05, 3.63) is 28.6 Å².